The molecule has 1 saturated heterocycles. The number of hydrogen-bond donors (Lipinski definition) is 2. The molecule has 2 aliphatic rings. The van der Waals surface area contributed by atoms with Crippen LogP contribution in [0.25, 0.3) is 0 Å². The number of aromatic amines is 1. The van der Waals surface area contributed by atoms with Gasteiger partial charge in [-0.3, -0.25) is 4.90 Å². The average Bonchev–Trinajstić information content (AvgIpc) is 2.96. The number of benzene rings is 1. The topological polar surface area (TPSA) is 47.2 Å². The molecule has 0 spiro atoms. The van der Waals surface area contributed by atoms with Gasteiger partial charge in [-0.2, -0.15) is 0 Å². The Morgan fingerprint density at radius 1 is 1.09 bits per heavy atom. The van der Waals surface area contributed by atoms with Crippen molar-refractivity contribution in [3.63, 3.8) is 0 Å². The second-order valence-electron chi connectivity index (χ2n) is 6.19. The minimum Gasteiger partial charge on any atom is -0.369 e. The standard InChI is InChI=1S/C17H23N5/c1-13-19-15-11-18-12-16(17(15)20-13)22-9-7-21(8-10-22)14-5-3-2-4-6-14/h2-6,16,18H,7-12H2,1H3,(H,19,20). The summed E-state index contributed by atoms with van der Waals surface area (Å²) in [6.45, 7) is 8.31. The number of imidazole rings is 1. The third-order valence-electron chi connectivity index (χ3n) is 4.76. The summed E-state index contributed by atoms with van der Waals surface area (Å²) >= 11 is 0. The van der Waals surface area contributed by atoms with E-state index in [2.05, 4.69) is 50.4 Å². The first kappa shape index (κ1) is 13.8. The predicted molar refractivity (Wildman–Crippen MR) is 88.0 cm³/mol. The van der Waals surface area contributed by atoms with Gasteiger partial charge in [0.2, 0.25) is 0 Å². The van der Waals surface area contributed by atoms with E-state index >= 15 is 0 Å². The third-order valence-corrected chi connectivity index (χ3v) is 4.76. The fourth-order valence-electron chi connectivity index (χ4n) is 3.63. The fourth-order valence-corrected chi connectivity index (χ4v) is 3.63. The predicted octanol–water partition coefficient (Wildman–Crippen LogP) is 1.68. The van der Waals surface area contributed by atoms with Gasteiger partial charge in [0.1, 0.15) is 5.82 Å². The molecule has 2 aromatic rings. The summed E-state index contributed by atoms with van der Waals surface area (Å²) in [6, 6.07) is 11.1. The number of nitrogens with one attached hydrogen (secondary N) is 2. The molecule has 1 atom stereocenters. The van der Waals surface area contributed by atoms with Crippen LogP contribution in [-0.4, -0.2) is 47.6 Å². The van der Waals surface area contributed by atoms with Crippen molar-refractivity contribution >= 4 is 5.69 Å². The summed E-state index contributed by atoms with van der Waals surface area (Å²) in [6.07, 6.45) is 0. The second-order valence-corrected chi connectivity index (χ2v) is 6.19. The van der Waals surface area contributed by atoms with E-state index in [1.54, 1.807) is 0 Å². The zero-order valence-corrected chi connectivity index (χ0v) is 13.0. The molecule has 116 valence electrons. The Morgan fingerprint density at radius 2 is 1.86 bits per heavy atom. The highest BCUT2D eigenvalue weighted by molar-refractivity contribution is 5.46. The largest absolute Gasteiger partial charge is 0.369 e. The first-order valence-corrected chi connectivity index (χ1v) is 8.11. The molecule has 2 N–H and O–H groups in total. The first-order valence-electron chi connectivity index (χ1n) is 8.11. The van der Waals surface area contributed by atoms with Gasteiger partial charge in [-0.05, 0) is 19.1 Å². The van der Waals surface area contributed by atoms with Crippen molar-refractivity contribution in [2.75, 3.05) is 37.6 Å². The third kappa shape index (κ3) is 2.51. The summed E-state index contributed by atoms with van der Waals surface area (Å²) in [7, 11) is 0. The Balaban J connectivity index is 1.46. The lowest BCUT2D eigenvalue weighted by Crippen LogP contribution is -2.50. The van der Waals surface area contributed by atoms with E-state index in [0.717, 1.165) is 45.1 Å². The number of H-pyrrole nitrogens is 1. The number of nitrogens with zero attached hydrogens (tertiary/aromatic N) is 3. The molecule has 1 unspecified atom stereocenters. The minimum absolute atomic E-state index is 0.409. The molecular weight excluding hydrogens is 274 g/mol. The number of piperazine rings is 1. The summed E-state index contributed by atoms with van der Waals surface area (Å²) in [5.74, 6) is 1.03. The molecule has 0 aliphatic carbocycles. The van der Waals surface area contributed by atoms with Gasteiger partial charge in [0, 0.05) is 45.0 Å². The van der Waals surface area contributed by atoms with E-state index < -0.39 is 0 Å². The quantitative estimate of drug-likeness (QED) is 0.885. The van der Waals surface area contributed by atoms with Gasteiger partial charge in [0.05, 0.1) is 17.4 Å². The summed E-state index contributed by atoms with van der Waals surface area (Å²) in [4.78, 5) is 13.2. The molecule has 1 aromatic heterocycles. The van der Waals surface area contributed by atoms with Crippen LogP contribution in [0.4, 0.5) is 5.69 Å². The lowest BCUT2D eigenvalue weighted by Gasteiger charge is -2.41. The van der Waals surface area contributed by atoms with Crippen LogP contribution in [0.15, 0.2) is 30.3 Å². The van der Waals surface area contributed by atoms with Crippen LogP contribution in [0.5, 0.6) is 0 Å². The molecule has 2 aliphatic heterocycles. The number of aryl methyl sites for hydroxylation is 1. The maximum Gasteiger partial charge on any atom is 0.103 e. The number of fused-ring (bicyclic) bond motifs is 1. The molecule has 1 fully saturated rings. The zero-order valence-electron chi connectivity index (χ0n) is 13.0. The second kappa shape index (κ2) is 5.74. The molecule has 5 nitrogen and oxygen atoms in total. The van der Waals surface area contributed by atoms with Gasteiger partial charge in [-0.25, -0.2) is 4.98 Å². The first-order chi connectivity index (χ1) is 10.8. The molecule has 4 rings (SSSR count). The Bertz CT molecular complexity index is 628. The number of aromatic nitrogens is 2. The van der Waals surface area contributed by atoms with Crippen LogP contribution in [0.3, 0.4) is 0 Å². The van der Waals surface area contributed by atoms with Gasteiger partial charge in [0.15, 0.2) is 0 Å². The average molecular weight is 297 g/mol. The normalized spacial score (nSPS) is 22.6. The molecular formula is C17H23N5. The van der Waals surface area contributed by atoms with Crippen LogP contribution >= 0.6 is 0 Å². The van der Waals surface area contributed by atoms with Crippen molar-refractivity contribution in [1.82, 2.24) is 20.2 Å². The smallest absolute Gasteiger partial charge is 0.103 e. The van der Waals surface area contributed by atoms with Crippen LogP contribution in [0.2, 0.25) is 0 Å². The highest BCUT2D eigenvalue weighted by Crippen LogP contribution is 2.27. The Labute approximate surface area is 131 Å². The minimum atomic E-state index is 0.409. The van der Waals surface area contributed by atoms with Crippen LogP contribution in [0.1, 0.15) is 23.3 Å². The molecule has 1 aromatic carbocycles. The molecule has 0 radical (unpaired) electrons. The number of rotatable bonds is 2. The van der Waals surface area contributed by atoms with E-state index in [1.165, 1.54) is 17.1 Å². The summed E-state index contributed by atoms with van der Waals surface area (Å²) in [5.41, 5.74) is 3.85. The molecule has 5 heteroatoms. The molecule has 0 bridgehead atoms. The van der Waals surface area contributed by atoms with Gasteiger partial charge in [-0.1, -0.05) is 18.2 Å². The van der Waals surface area contributed by atoms with Crippen LogP contribution in [-0.2, 0) is 6.54 Å². The molecule has 0 saturated carbocycles. The lowest BCUT2D eigenvalue weighted by atomic mass is 10.1. The number of anilines is 1. The molecule has 3 heterocycles. The molecule has 22 heavy (non-hydrogen) atoms. The Kier molecular flexibility index (Phi) is 3.60. The Hall–Kier alpha value is -1.85. The van der Waals surface area contributed by atoms with Gasteiger partial charge < -0.3 is 15.2 Å². The SMILES string of the molecule is Cc1nc2c([nH]1)CNCC2N1CCN(c2ccccc2)CC1. The van der Waals surface area contributed by atoms with Crippen molar-refractivity contribution in [3.05, 3.63) is 47.5 Å². The van der Waals surface area contributed by atoms with E-state index in [-0.39, 0.29) is 0 Å². The molecule has 0 amide bonds. The zero-order chi connectivity index (χ0) is 14.9. The van der Waals surface area contributed by atoms with E-state index in [1.807, 2.05) is 6.92 Å². The van der Waals surface area contributed by atoms with Gasteiger partial charge in [0.25, 0.3) is 0 Å². The number of para-hydroxylation sites is 1. The van der Waals surface area contributed by atoms with Crippen molar-refractivity contribution in [2.24, 2.45) is 0 Å². The van der Waals surface area contributed by atoms with Crippen LogP contribution < -0.4 is 10.2 Å². The fraction of sp³-hybridized carbons (Fsp3) is 0.471. The van der Waals surface area contributed by atoms with Crippen molar-refractivity contribution in [3.8, 4) is 0 Å². The van der Waals surface area contributed by atoms with Crippen molar-refractivity contribution in [1.29, 1.82) is 0 Å². The van der Waals surface area contributed by atoms with Crippen LogP contribution in [0, 0.1) is 6.92 Å². The Morgan fingerprint density at radius 3 is 2.64 bits per heavy atom. The highest BCUT2D eigenvalue weighted by atomic mass is 15.3. The van der Waals surface area contributed by atoms with Crippen molar-refractivity contribution in [2.45, 2.75) is 19.5 Å². The lowest BCUT2D eigenvalue weighted by molar-refractivity contribution is 0.171. The van der Waals surface area contributed by atoms with E-state index in [9.17, 15) is 0 Å². The van der Waals surface area contributed by atoms with Gasteiger partial charge >= 0.3 is 0 Å². The maximum absolute atomic E-state index is 4.73. The van der Waals surface area contributed by atoms with E-state index in [4.69, 9.17) is 4.98 Å². The highest BCUT2D eigenvalue weighted by Gasteiger charge is 2.30. The van der Waals surface area contributed by atoms with Crippen molar-refractivity contribution < 1.29 is 0 Å². The van der Waals surface area contributed by atoms with Gasteiger partial charge in [-0.15, -0.1) is 0 Å². The summed E-state index contributed by atoms with van der Waals surface area (Å²) in [5, 5.41) is 3.52. The summed E-state index contributed by atoms with van der Waals surface area (Å²) < 4.78 is 0. The maximum atomic E-state index is 4.73. The monoisotopic (exact) mass is 297 g/mol. The number of hydrogen-bond acceptors (Lipinski definition) is 4. The van der Waals surface area contributed by atoms with E-state index in [0.29, 0.717) is 6.04 Å².